The Morgan fingerprint density at radius 1 is 1.33 bits per heavy atom. The molecule has 3 nitrogen and oxygen atoms in total. The van der Waals surface area contributed by atoms with E-state index in [2.05, 4.69) is 21.1 Å². The van der Waals surface area contributed by atoms with E-state index in [-0.39, 0.29) is 29.9 Å². The van der Waals surface area contributed by atoms with E-state index in [1.165, 1.54) is 0 Å². The third kappa shape index (κ3) is 5.13. The van der Waals surface area contributed by atoms with E-state index >= 15 is 0 Å². The molecule has 0 radical (unpaired) electrons. The van der Waals surface area contributed by atoms with Crippen molar-refractivity contribution in [3.8, 4) is 0 Å². The number of nitrogens with zero attached hydrogens (tertiary/aromatic N) is 1. The van der Waals surface area contributed by atoms with Crippen molar-refractivity contribution in [1.29, 1.82) is 0 Å². The topological polar surface area (TPSA) is 43.1 Å². The lowest BCUT2D eigenvalue weighted by atomic mass is 10.1. The lowest BCUT2D eigenvalue weighted by Crippen LogP contribution is -3.00. The minimum Gasteiger partial charge on any atom is -1.00 e. The van der Waals surface area contributed by atoms with Gasteiger partial charge < -0.3 is 34.2 Å². The fourth-order valence-electron chi connectivity index (χ4n) is 1.37. The van der Waals surface area contributed by atoms with Crippen LogP contribution in [0.1, 0.15) is 15.9 Å². The summed E-state index contributed by atoms with van der Waals surface area (Å²) in [6.07, 6.45) is 0. The number of carbonyl (C=O) groups is 1. The standard InChI is InChI=1S/C11H16N2O.HI/c1-13(2,3)8-9-5-4-6-10(7-9)11(12)14;/h4-7H,8H2,1-3H3,(H-,12,14);1H. The Bertz CT molecular complexity index is 345. The molecular formula is C11H17IN2O. The number of nitrogens with two attached hydrogens (primary N) is 1. The molecule has 0 heterocycles. The highest BCUT2D eigenvalue weighted by Gasteiger charge is 2.09. The molecule has 0 unspecified atom stereocenters. The highest BCUT2D eigenvalue weighted by Crippen LogP contribution is 2.09. The fourth-order valence-corrected chi connectivity index (χ4v) is 1.37. The summed E-state index contributed by atoms with van der Waals surface area (Å²) < 4.78 is 0.836. The molecule has 0 spiro atoms. The van der Waals surface area contributed by atoms with Crippen LogP contribution < -0.4 is 29.7 Å². The molecule has 84 valence electrons. The Labute approximate surface area is 108 Å². The quantitative estimate of drug-likeness (QED) is 0.508. The molecule has 0 aromatic heterocycles. The molecule has 0 aliphatic carbocycles. The van der Waals surface area contributed by atoms with Gasteiger partial charge in [0.05, 0.1) is 21.1 Å². The van der Waals surface area contributed by atoms with Gasteiger partial charge in [-0.1, -0.05) is 12.1 Å². The molecule has 1 rings (SSSR count). The van der Waals surface area contributed by atoms with Crippen molar-refractivity contribution in [3.63, 3.8) is 0 Å². The van der Waals surface area contributed by atoms with E-state index in [1.807, 2.05) is 18.2 Å². The summed E-state index contributed by atoms with van der Waals surface area (Å²) in [5, 5.41) is 0. The average molecular weight is 320 g/mol. The summed E-state index contributed by atoms with van der Waals surface area (Å²) in [7, 11) is 6.32. The SMILES string of the molecule is C[N+](C)(C)Cc1cccc(C(N)=O)c1.[I-]. The number of benzene rings is 1. The van der Waals surface area contributed by atoms with Crippen LogP contribution in [0.2, 0.25) is 0 Å². The maximum atomic E-state index is 10.9. The van der Waals surface area contributed by atoms with E-state index in [1.54, 1.807) is 6.07 Å². The first kappa shape index (κ1) is 14.4. The number of primary amides is 1. The number of hydrogen-bond acceptors (Lipinski definition) is 1. The molecular weight excluding hydrogens is 303 g/mol. The Balaban J connectivity index is 0.00000196. The maximum Gasteiger partial charge on any atom is 0.248 e. The molecule has 2 N–H and O–H groups in total. The normalized spacial score (nSPS) is 10.6. The molecule has 15 heavy (non-hydrogen) atoms. The van der Waals surface area contributed by atoms with Crippen LogP contribution in [-0.4, -0.2) is 31.5 Å². The lowest BCUT2D eigenvalue weighted by Gasteiger charge is -2.23. The Morgan fingerprint density at radius 2 is 1.93 bits per heavy atom. The van der Waals surface area contributed by atoms with Crippen LogP contribution in [-0.2, 0) is 6.54 Å². The monoisotopic (exact) mass is 320 g/mol. The van der Waals surface area contributed by atoms with Crippen molar-refractivity contribution < 1.29 is 33.3 Å². The van der Waals surface area contributed by atoms with Crippen molar-refractivity contribution in [2.24, 2.45) is 5.73 Å². The molecule has 0 bridgehead atoms. The molecule has 0 fully saturated rings. The second-order valence-electron chi connectivity index (χ2n) is 4.51. The Morgan fingerprint density at radius 3 is 2.40 bits per heavy atom. The first-order chi connectivity index (χ1) is 6.38. The third-order valence-corrected chi connectivity index (χ3v) is 1.87. The van der Waals surface area contributed by atoms with Crippen LogP contribution in [0.4, 0.5) is 0 Å². The number of halogens is 1. The van der Waals surface area contributed by atoms with Crippen molar-refractivity contribution in [1.82, 2.24) is 0 Å². The first-order valence-electron chi connectivity index (χ1n) is 4.58. The van der Waals surface area contributed by atoms with Crippen LogP contribution in [0.25, 0.3) is 0 Å². The van der Waals surface area contributed by atoms with Gasteiger partial charge in [0, 0.05) is 11.1 Å². The van der Waals surface area contributed by atoms with Crippen LogP contribution in [0, 0.1) is 0 Å². The second-order valence-corrected chi connectivity index (χ2v) is 4.51. The van der Waals surface area contributed by atoms with Gasteiger partial charge in [-0.25, -0.2) is 0 Å². The van der Waals surface area contributed by atoms with Gasteiger partial charge in [0.1, 0.15) is 6.54 Å². The molecule has 0 saturated carbocycles. The molecule has 0 atom stereocenters. The molecule has 0 aliphatic heterocycles. The van der Waals surface area contributed by atoms with Gasteiger partial charge in [-0.15, -0.1) is 0 Å². The summed E-state index contributed by atoms with van der Waals surface area (Å²) in [5.74, 6) is -0.367. The number of carbonyl (C=O) groups excluding carboxylic acids is 1. The predicted molar refractivity (Wildman–Crippen MR) is 56.7 cm³/mol. The number of rotatable bonds is 3. The predicted octanol–water partition coefficient (Wildman–Crippen LogP) is -2.00. The van der Waals surface area contributed by atoms with E-state index in [0.29, 0.717) is 5.56 Å². The Kier molecular flexibility index (Phi) is 5.23. The first-order valence-corrected chi connectivity index (χ1v) is 4.58. The smallest absolute Gasteiger partial charge is 0.248 e. The van der Waals surface area contributed by atoms with Crippen molar-refractivity contribution in [2.75, 3.05) is 21.1 Å². The molecule has 4 heteroatoms. The summed E-state index contributed by atoms with van der Waals surface area (Å²) in [5.41, 5.74) is 6.92. The lowest BCUT2D eigenvalue weighted by molar-refractivity contribution is -0.884. The largest absolute Gasteiger partial charge is 1.00 e. The molecule has 1 aromatic carbocycles. The third-order valence-electron chi connectivity index (χ3n) is 1.87. The Hall–Kier alpha value is -0.620. The van der Waals surface area contributed by atoms with Gasteiger partial charge in [0.15, 0.2) is 0 Å². The van der Waals surface area contributed by atoms with Crippen molar-refractivity contribution in [2.45, 2.75) is 6.54 Å². The highest BCUT2D eigenvalue weighted by molar-refractivity contribution is 5.92. The summed E-state index contributed by atoms with van der Waals surface area (Å²) in [6.45, 7) is 0.890. The van der Waals surface area contributed by atoms with E-state index in [9.17, 15) is 4.79 Å². The van der Waals surface area contributed by atoms with Crippen molar-refractivity contribution in [3.05, 3.63) is 35.4 Å². The number of quaternary nitrogens is 1. The maximum absolute atomic E-state index is 10.9. The van der Waals surface area contributed by atoms with E-state index < -0.39 is 0 Å². The zero-order valence-corrected chi connectivity index (χ0v) is 11.5. The highest BCUT2D eigenvalue weighted by atomic mass is 127. The molecule has 0 saturated heterocycles. The van der Waals surface area contributed by atoms with Crippen LogP contribution in [0.3, 0.4) is 0 Å². The fraction of sp³-hybridized carbons (Fsp3) is 0.364. The van der Waals surface area contributed by atoms with Gasteiger partial charge in [0.2, 0.25) is 5.91 Å². The van der Waals surface area contributed by atoms with Gasteiger partial charge in [-0.2, -0.15) is 0 Å². The van der Waals surface area contributed by atoms with Gasteiger partial charge in [-0.3, -0.25) is 4.79 Å². The van der Waals surface area contributed by atoms with Crippen LogP contribution in [0.5, 0.6) is 0 Å². The summed E-state index contributed by atoms with van der Waals surface area (Å²) in [4.78, 5) is 10.9. The van der Waals surface area contributed by atoms with Crippen molar-refractivity contribution >= 4 is 5.91 Å². The van der Waals surface area contributed by atoms with Crippen LogP contribution in [0.15, 0.2) is 24.3 Å². The zero-order chi connectivity index (χ0) is 10.8. The average Bonchev–Trinajstić information content (AvgIpc) is 2.01. The molecule has 1 amide bonds. The zero-order valence-electron chi connectivity index (χ0n) is 9.33. The molecule has 0 aliphatic rings. The minimum absolute atomic E-state index is 0. The van der Waals surface area contributed by atoms with Gasteiger partial charge in [0.25, 0.3) is 0 Å². The van der Waals surface area contributed by atoms with E-state index in [4.69, 9.17) is 5.73 Å². The minimum atomic E-state index is -0.367. The van der Waals surface area contributed by atoms with Crippen LogP contribution >= 0.6 is 0 Å². The van der Waals surface area contributed by atoms with E-state index in [0.717, 1.165) is 16.6 Å². The molecule has 1 aromatic rings. The second kappa shape index (κ2) is 5.46. The number of hydrogen-bond donors (Lipinski definition) is 1. The van der Waals surface area contributed by atoms with Gasteiger partial charge in [-0.05, 0) is 12.1 Å². The summed E-state index contributed by atoms with van der Waals surface area (Å²) in [6, 6.07) is 7.47. The number of amides is 1. The summed E-state index contributed by atoms with van der Waals surface area (Å²) >= 11 is 0. The van der Waals surface area contributed by atoms with Gasteiger partial charge >= 0.3 is 0 Å².